The Labute approximate surface area is 178 Å². The molecule has 0 unspecified atom stereocenters. The Morgan fingerprint density at radius 1 is 1.21 bits per heavy atom. The molecule has 1 amide bonds. The number of likely N-dealkylation sites (tertiary alicyclic amines) is 1. The monoisotopic (exact) mass is 420 g/mol. The molecule has 0 aliphatic carbocycles. The van der Waals surface area contributed by atoms with Crippen LogP contribution in [0.1, 0.15) is 19.8 Å². The largest absolute Gasteiger partial charge is 0.497 e. The second kappa shape index (κ2) is 10.8. The van der Waals surface area contributed by atoms with Gasteiger partial charge >= 0.3 is 0 Å². The van der Waals surface area contributed by atoms with Crippen LogP contribution >= 0.6 is 12.2 Å². The molecule has 2 saturated heterocycles. The Kier molecular flexibility index (Phi) is 8.09. The van der Waals surface area contributed by atoms with E-state index >= 15 is 0 Å². The Hall–Kier alpha value is -1.90. The molecule has 0 bridgehead atoms. The van der Waals surface area contributed by atoms with E-state index in [2.05, 4.69) is 15.1 Å². The number of thiocarbonyl (C=S) groups is 1. The van der Waals surface area contributed by atoms with Crippen molar-refractivity contribution in [2.45, 2.75) is 25.8 Å². The highest BCUT2D eigenvalue weighted by atomic mass is 32.1. The molecule has 8 heteroatoms. The van der Waals surface area contributed by atoms with E-state index in [1.807, 2.05) is 29.2 Å². The number of anilines is 1. The van der Waals surface area contributed by atoms with Crippen molar-refractivity contribution in [2.75, 3.05) is 64.9 Å². The number of ether oxygens (including phenoxy) is 2. The second-order valence-electron chi connectivity index (χ2n) is 7.54. The number of carbonyl (C=O) groups is 1. The topological polar surface area (TPSA) is 57.3 Å². The van der Waals surface area contributed by atoms with Gasteiger partial charge in [0, 0.05) is 57.9 Å². The van der Waals surface area contributed by atoms with Gasteiger partial charge in [0.1, 0.15) is 5.75 Å². The number of methoxy groups -OCH3 is 1. The number of nitrogens with one attached hydrogen (secondary N) is 1. The number of hydrogen-bond acceptors (Lipinski definition) is 5. The Bertz CT molecular complexity index is 671. The Morgan fingerprint density at radius 3 is 2.45 bits per heavy atom. The van der Waals surface area contributed by atoms with Crippen LogP contribution in [0.4, 0.5) is 5.69 Å². The van der Waals surface area contributed by atoms with Crippen molar-refractivity contribution in [1.29, 1.82) is 0 Å². The first-order chi connectivity index (χ1) is 14.1. The van der Waals surface area contributed by atoms with E-state index in [4.69, 9.17) is 21.7 Å². The van der Waals surface area contributed by atoms with E-state index < -0.39 is 0 Å². The standard InChI is InChI=1S/C21H32N4O3S/c1-17(26)24-9-7-19(8-10-24)25(12-11-23-13-15-28-16-14-23)21(29)22-18-3-5-20(27-2)6-4-18/h3-6,19H,7-16H2,1-2H3,(H,22,29). The van der Waals surface area contributed by atoms with Gasteiger partial charge in [0.2, 0.25) is 5.91 Å². The minimum Gasteiger partial charge on any atom is -0.497 e. The predicted molar refractivity (Wildman–Crippen MR) is 118 cm³/mol. The molecular weight excluding hydrogens is 388 g/mol. The third kappa shape index (κ3) is 6.29. The molecule has 1 aromatic rings. The van der Waals surface area contributed by atoms with Crippen LogP contribution < -0.4 is 10.1 Å². The van der Waals surface area contributed by atoms with Crippen molar-refractivity contribution in [3.8, 4) is 5.75 Å². The van der Waals surface area contributed by atoms with Crippen molar-refractivity contribution in [1.82, 2.24) is 14.7 Å². The van der Waals surface area contributed by atoms with E-state index in [1.54, 1.807) is 14.0 Å². The summed E-state index contributed by atoms with van der Waals surface area (Å²) in [5, 5.41) is 4.13. The molecule has 160 valence electrons. The molecule has 29 heavy (non-hydrogen) atoms. The zero-order valence-corrected chi connectivity index (χ0v) is 18.2. The SMILES string of the molecule is COc1ccc(NC(=S)N(CCN2CCOCC2)C2CCN(C(C)=O)CC2)cc1. The number of nitrogens with zero attached hydrogens (tertiary/aromatic N) is 3. The fraction of sp³-hybridized carbons (Fsp3) is 0.619. The van der Waals surface area contributed by atoms with Gasteiger partial charge < -0.3 is 24.6 Å². The molecule has 1 N–H and O–H groups in total. The van der Waals surface area contributed by atoms with Gasteiger partial charge in [0.05, 0.1) is 20.3 Å². The fourth-order valence-electron chi connectivity index (χ4n) is 3.89. The van der Waals surface area contributed by atoms with E-state index in [0.29, 0.717) is 6.04 Å². The van der Waals surface area contributed by atoms with Gasteiger partial charge in [-0.25, -0.2) is 0 Å². The van der Waals surface area contributed by atoms with Crippen molar-refractivity contribution in [2.24, 2.45) is 0 Å². The van der Waals surface area contributed by atoms with Crippen LogP contribution in [0, 0.1) is 0 Å². The van der Waals surface area contributed by atoms with Crippen molar-refractivity contribution in [3.63, 3.8) is 0 Å². The number of hydrogen-bond donors (Lipinski definition) is 1. The summed E-state index contributed by atoms with van der Waals surface area (Å²) in [4.78, 5) is 18.3. The average Bonchev–Trinajstić information content (AvgIpc) is 2.75. The summed E-state index contributed by atoms with van der Waals surface area (Å²) < 4.78 is 10.7. The number of piperidine rings is 1. The van der Waals surface area contributed by atoms with Gasteiger partial charge in [-0.2, -0.15) is 0 Å². The first-order valence-corrected chi connectivity index (χ1v) is 10.7. The molecule has 0 atom stereocenters. The van der Waals surface area contributed by atoms with Crippen LogP contribution in [-0.4, -0.2) is 91.4 Å². The summed E-state index contributed by atoms with van der Waals surface area (Å²) in [7, 11) is 1.66. The molecule has 1 aromatic carbocycles. The van der Waals surface area contributed by atoms with Crippen LogP contribution in [-0.2, 0) is 9.53 Å². The molecule has 0 aromatic heterocycles. The maximum atomic E-state index is 11.7. The zero-order valence-electron chi connectivity index (χ0n) is 17.4. The normalized spacial score (nSPS) is 18.3. The molecule has 2 fully saturated rings. The van der Waals surface area contributed by atoms with Crippen LogP contribution in [0.5, 0.6) is 5.75 Å². The van der Waals surface area contributed by atoms with Gasteiger partial charge in [-0.15, -0.1) is 0 Å². The quantitative estimate of drug-likeness (QED) is 0.707. The molecule has 2 aliphatic rings. The summed E-state index contributed by atoms with van der Waals surface area (Å²) in [5.41, 5.74) is 0.952. The fourth-order valence-corrected chi connectivity index (χ4v) is 4.24. The van der Waals surface area contributed by atoms with Crippen molar-refractivity contribution < 1.29 is 14.3 Å². The first-order valence-electron chi connectivity index (χ1n) is 10.3. The molecule has 7 nitrogen and oxygen atoms in total. The smallest absolute Gasteiger partial charge is 0.219 e. The summed E-state index contributed by atoms with van der Waals surface area (Å²) in [6.45, 7) is 8.58. The molecule has 0 saturated carbocycles. The minimum absolute atomic E-state index is 0.155. The zero-order chi connectivity index (χ0) is 20.6. The molecule has 2 aliphatic heterocycles. The van der Waals surface area contributed by atoms with Gasteiger partial charge in [0.25, 0.3) is 0 Å². The lowest BCUT2D eigenvalue weighted by Crippen LogP contribution is -2.52. The van der Waals surface area contributed by atoms with E-state index in [9.17, 15) is 4.79 Å². The first kappa shape index (κ1) is 21.8. The lowest BCUT2D eigenvalue weighted by Gasteiger charge is -2.40. The van der Waals surface area contributed by atoms with Crippen LogP contribution in [0.15, 0.2) is 24.3 Å². The maximum Gasteiger partial charge on any atom is 0.219 e. The third-order valence-corrected chi connectivity index (χ3v) is 6.05. The van der Waals surface area contributed by atoms with E-state index in [-0.39, 0.29) is 5.91 Å². The molecule has 0 spiro atoms. The summed E-state index contributed by atoms with van der Waals surface area (Å²) in [5.74, 6) is 0.976. The number of benzene rings is 1. The van der Waals surface area contributed by atoms with Crippen molar-refractivity contribution in [3.05, 3.63) is 24.3 Å². The van der Waals surface area contributed by atoms with Gasteiger partial charge in [0.15, 0.2) is 5.11 Å². The van der Waals surface area contributed by atoms with E-state index in [1.165, 1.54) is 0 Å². The van der Waals surface area contributed by atoms with Crippen molar-refractivity contribution >= 4 is 28.9 Å². The lowest BCUT2D eigenvalue weighted by atomic mass is 10.0. The highest BCUT2D eigenvalue weighted by Crippen LogP contribution is 2.20. The number of carbonyl (C=O) groups excluding carboxylic acids is 1. The van der Waals surface area contributed by atoms with Crippen LogP contribution in [0.25, 0.3) is 0 Å². The van der Waals surface area contributed by atoms with Crippen LogP contribution in [0.2, 0.25) is 0 Å². The summed E-state index contributed by atoms with van der Waals surface area (Å²) in [6.07, 6.45) is 1.88. The van der Waals surface area contributed by atoms with Gasteiger partial charge in [-0.1, -0.05) is 0 Å². The van der Waals surface area contributed by atoms with E-state index in [0.717, 1.165) is 81.9 Å². The second-order valence-corrected chi connectivity index (χ2v) is 7.93. The predicted octanol–water partition coefficient (Wildman–Crippen LogP) is 2.04. The molecular formula is C21H32N4O3S. The number of amides is 1. The third-order valence-electron chi connectivity index (χ3n) is 5.71. The summed E-state index contributed by atoms with van der Waals surface area (Å²) in [6, 6.07) is 8.14. The Morgan fingerprint density at radius 2 is 1.86 bits per heavy atom. The number of rotatable bonds is 6. The van der Waals surface area contributed by atoms with Gasteiger partial charge in [-0.05, 0) is 49.3 Å². The Balaban J connectivity index is 1.63. The molecule has 2 heterocycles. The maximum absolute atomic E-state index is 11.7. The van der Waals surface area contributed by atoms with Gasteiger partial charge in [-0.3, -0.25) is 9.69 Å². The highest BCUT2D eigenvalue weighted by molar-refractivity contribution is 7.80. The molecule has 0 radical (unpaired) electrons. The summed E-state index contributed by atoms with van der Waals surface area (Å²) >= 11 is 5.81. The molecule has 3 rings (SSSR count). The minimum atomic E-state index is 0.155. The lowest BCUT2D eigenvalue weighted by molar-refractivity contribution is -0.130. The average molecular weight is 421 g/mol. The van der Waals surface area contributed by atoms with Crippen LogP contribution in [0.3, 0.4) is 0 Å². The number of morpholine rings is 1. The highest BCUT2D eigenvalue weighted by Gasteiger charge is 2.27.